The SMILES string of the molecule is CC(C(=O)O)N1C(=O)C(=Cc2ccccn2)SC1=S. The van der Waals surface area contributed by atoms with Gasteiger partial charge in [0.15, 0.2) is 0 Å². The first kappa shape index (κ1) is 13.7. The molecule has 1 aromatic rings. The highest BCUT2D eigenvalue weighted by molar-refractivity contribution is 8.26. The van der Waals surface area contributed by atoms with E-state index >= 15 is 0 Å². The molecular weight excluding hydrogens is 284 g/mol. The summed E-state index contributed by atoms with van der Waals surface area (Å²) in [6, 6.07) is 4.36. The Morgan fingerprint density at radius 2 is 2.32 bits per heavy atom. The normalized spacial score (nSPS) is 19.0. The molecule has 1 saturated heterocycles. The molecule has 1 aliphatic rings. The number of carbonyl (C=O) groups is 2. The fourth-order valence-electron chi connectivity index (χ4n) is 1.52. The number of thioether (sulfide) groups is 1. The minimum Gasteiger partial charge on any atom is -0.480 e. The molecule has 1 fully saturated rings. The highest BCUT2D eigenvalue weighted by Gasteiger charge is 2.38. The Balaban J connectivity index is 2.28. The molecule has 0 radical (unpaired) electrons. The average Bonchev–Trinajstić information content (AvgIpc) is 2.65. The fraction of sp³-hybridized carbons (Fsp3) is 0.167. The van der Waals surface area contributed by atoms with Crippen LogP contribution >= 0.6 is 24.0 Å². The minimum atomic E-state index is -1.09. The molecule has 2 rings (SSSR count). The van der Waals surface area contributed by atoms with Crippen LogP contribution in [0.3, 0.4) is 0 Å². The van der Waals surface area contributed by atoms with Gasteiger partial charge < -0.3 is 5.11 Å². The molecule has 2 heterocycles. The molecule has 7 heteroatoms. The zero-order chi connectivity index (χ0) is 14.0. The summed E-state index contributed by atoms with van der Waals surface area (Å²) in [6.45, 7) is 1.43. The van der Waals surface area contributed by atoms with Crippen molar-refractivity contribution in [3.05, 3.63) is 35.0 Å². The summed E-state index contributed by atoms with van der Waals surface area (Å²) in [5, 5.41) is 8.96. The molecule has 1 aliphatic heterocycles. The number of aliphatic carboxylic acids is 1. The number of hydrogen-bond acceptors (Lipinski definition) is 5. The molecule has 1 unspecified atom stereocenters. The fourth-order valence-corrected chi connectivity index (χ4v) is 2.92. The van der Waals surface area contributed by atoms with Crippen molar-refractivity contribution in [1.29, 1.82) is 0 Å². The predicted molar refractivity (Wildman–Crippen MR) is 76.3 cm³/mol. The lowest BCUT2D eigenvalue weighted by Crippen LogP contribution is -2.41. The van der Waals surface area contributed by atoms with E-state index in [2.05, 4.69) is 4.98 Å². The zero-order valence-corrected chi connectivity index (χ0v) is 11.6. The minimum absolute atomic E-state index is 0.252. The maximum absolute atomic E-state index is 12.1. The van der Waals surface area contributed by atoms with E-state index in [9.17, 15) is 9.59 Å². The van der Waals surface area contributed by atoms with Gasteiger partial charge >= 0.3 is 5.97 Å². The van der Waals surface area contributed by atoms with Gasteiger partial charge in [0.05, 0.1) is 10.6 Å². The predicted octanol–water partition coefficient (Wildman–Crippen LogP) is 1.76. The second-order valence-corrected chi connectivity index (χ2v) is 5.50. The number of nitrogens with zero attached hydrogens (tertiary/aromatic N) is 2. The molecule has 0 bridgehead atoms. The summed E-state index contributed by atoms with van der Waals surface area (Å²) in [7, 11) is 0. The van der Waals surface area contributed by atoms with Crippen molar-refractivity contribution in [3.63, 3.8) is 0 Å². The number of hydrogen-bond donors (Lipinski definition) is 1. The number of amides is 1. The van der Waals surface area contributed by atoms with E-state index in [1.165, 1.54) is 6.92 Å². The van der Waals surface area contributed by atoms with Crippen LogP contribution in [0.25, 0.3) is 6.08 Å². The van der Waals surface area contributed by atoms with Crippen LogP contribution < -0.4 is 0 Å². The number of thiocarbonyl (C=S) groups is 1. The molecule has 1 aromatic heterocycles. The molecule has 1 atom stereocenters. The van der Waals surface area contributed by atoms with Crippen molar-refractivity contribution in [2.24, 2.45) is 0 Å². The van der Waals surface area contributed by atoms with Crippen molar-refractivity contribution >= 4 is 46.3 Å². The van der Waals surface area contributed by atoms with Crippen LogP contribution in [0.15, 0.2) is 29.3 Å². The lowest BCUT2D eigenvalue weighted by atomic mass is 10.2. The topological polar surface area (TPSA) is 70.5 Å². The Hall–Kier alpha value is -1.73. The Labute approximate surface area is 119 Å². The zero-order valence-electron chi connectivity index (χ0n) is 9.94. The maximum Gasteiger partial charge on any atom is 0.326 e. The smallest absolute Gasteiger partial charge is 0.326 e. The Morgan fingerprint density at radius 1 is 1.58 bits per heavy atom. The third-order valence-corrected chi connectivity index (χ3v) is 3.87. The number of rotatable bonds is 3. The Morgan fingerprint density at radius 3 is 2.89 bits per heavy atom. The lowest BCUT2D eigenvalue weighted by Gasteiger charge is -2.18. The first-order valence-electron chi connectivity index (χ1n) is 5.41. The number of carbonyl (C=O) groups excluding carboxylic acids is 1. The summed E-state index contributed by atoms with van der Waals surface area (Å²) in [5.74, 6) is -1.48. The second-order valence-electron chi connectivity index (χ2n) is 3.82. The van der Waals surface area contributed by atoms with Crippen molar-refractivity contribution < 1.29 is 14.7 Å². The molecule has 1 amide bonds. The van der Waals surface area contributed by atoms with Crippen LogP contribution in [0.1, 0.15) is 12.6 Å². The third-order valence-electron chi connectivity index (χ3n) is 2.53. The van der Waals surface area contributed by atoms with Crippen molar-refractivity contribution in [3.8, 4) is 0 Å². The maximum atomic E-state index is 12.1. The van der Waals surface area contributed by atoms with Gasteiger partial charge in [-0.1, -0.05) is 30.0 Å². The number of aromatic nitrogens is 1. The number of pyridine rings is 1. The Kier molecular flexibility index (Phi) is 3.96. The highest BCUT2D eigenvalue weighted by Crippen LogP contribution is 2.33. The van der Waals surface area contributed by atoms with Crippen molar-refractivity contribution in [1.82, 2.24) is 9.88 Å². The van der Waals surface area contributed by atoms with Gasteiger partial charge in [-0.05, 0) is 25.1 Å². The van der Waals surface area contributed by atoms with Gasteiger partial charge in [-0.15, -0.1) is 0 Å². The summed E-state index contributed by atoms with van der Waals surface area (Å²) in [5.41, 5.74) is 0.631. The van der Waals surface area contributed by atoms with E-state index in [4.69, 9.17) is 17.3 Å². The second kappa shape index (κ2) is 5.50. The van der Waals surface area contributed by atoms with E-state index in [-0.39, 0.29) is 4.32 Å². The number of carboxylic acid groups (broad SMARTS) is 1. The first-order valence-corrected chi connectivity index (χ1v) is 6.64. The van der Waals surface area contributed by atoms with Gasteiger partial charge in [0.25, 0.3) is 5.91 Å². The first-order chi connectivity index (χ1) is 9.00. The van der Waals surface area contributed by atoms with Crippen LogP contribution in [-0.2, 0) is 9.59 Å². The molecule has 0 aliphatic carbocycles. The summed E-state index contributed by atoms with van der Waals surface area (Å²) in [6.07, 6.45) is 3.22. The molecule has 0 saturated carbocycles. The van der Waals surface area contributed by atoms with Crippen LogP contribution in [0.5, 0.6) is 0 Å². The van der Waals surface area contributed by atoms with Gasteiger partial charge in [-0.25, -0.2) is 4.79 Å². The molecule has 1 N–H and O–H groups in total. The lowest BCUT2D eigenvalue weighted by molar-refractivity contribution is -0.144. The van der Waals surface area contributed by atoms with Gasteiger partial charge in [0, 0.05) is 6.20 Å². The molecule has 0 aromatic carbocycles. The van der Waals surface area contributed by atoms with E-state index in [1.54, 1.807) is 30.5 Å². The van der Waals surface area contributed by atoms with Crippen LogP contribution in [0.4, 0.5) is 0 Å². The van der Waals surface area contributed by atoms with Crippen molar-refractivity contribution in [2.45, 2.75) is 13.0 Å². The largest absolute Gasteiger partial charge is 0.480 e. The van der Waals surface area contributed by atoms with Gasteiger partial charge in [-0.2, -0.15) is 0 Å². The number of carboxylic acids is 1. The Bertz CT molecular complexity index is 572. The van der Waals surface area contributed by atoms with E-state index in [0.29, 0.717) is 10.6 Å². The van der Waals surface area contributed by atoms with Crippen LogP contribution in [0.2, 0.25) is 0 Å². The summed E-state index contributed by atoms with van der Waals surface area (Å²) in [4.78, 5) is 28.7. The molecule has 19 heavy (non-hydrogen) atoms. The van der Waals surface area contributed by atoms with Gasteiger partial charge in [0.2, 0.25) is 0 Å². The highest BCUT2D eigenvalue weighted by atomic mass is 32.2. The molecule has 98 valence electrons. The summed E-state index contributed by atoms with van der Waals surface area (Å²) >= 11 is 6.14. The standard InChI is InChI=1S/C12H10N2O3S2/c1-7(11(16)17)14-10(15)9(19-12(14)18)6-8-4-2-3-5-13-8/h2-7H,1H3,(H,16,17). The van der Waals surface area contributed by atoms with Gasteiger partial charge in [0.1, 0.15) is 10.4 Å². The van der Waals surface area contributed by atoms with Crippen LogP contribution in [0, 0.1) is 0 Å². The molecule has 5 nitrogen and oxygen atoms in total. The quantitative estimate of drug-likeness (QED) is 0.676. The summed E-state index contributed by atoms with van der Waals surface area (Å²) < 4.78 is 0.252. The monoisotopic (exact) mass is 294 g/mol. The molecular formula is C12H10N2O3S2. The van der Waals surface area contributed by atoms with Crippen molar-refractivity contribution in [2.75, 3.05) is 0 Å². The average molecular weight is 294 g/mol. The van der Waals surface area contributed by atoms with Crippen LogP contribution in [-0.4, -0.2) is 37.2 Å². The van der Waals surface area contributed by atoms with Gasteiger partial charge in [-0.3, -0.25) is 14.7 Å². The third kappa shape index (κ3) is 2.82. The molecule has 0 spiro atoms. The van der Waals surface area contributed by atoms with E-state index < -0.39 is 17.9 Å². The van der Waals surface area contributed by atoms with E-state index in [0.717, 1.165) is 16.7 Å². The van der Waals surface area contributed by atoms with E-state index in [1.807, 2.05) is 0 Å².